The van der Waals surface area contributed by atoms with Gasteiger partial charge in [0.2, 0.25) is 5.95 Å². The van der Waals surface area contributed by atoms with Crippen LogP contribution < -0.4 is 15.0 Å². The van der Waals surface area contributed by atoms with E-state index < -0.39 is 5.60 Å². The number of pyridine rings is 1. The Labute approximate surface area is 227 Å². The van der Waals surface area contributed by atoms with Gasteiger partial charge in [-0.1, -0.05) is 0 Å². The van der Waals surface area contributed by atoms with E-state index in [2.05, 4.69) is 25.2 Å². The van der Waals surface area contributed by atoms with E-state index in [1.165, 1.54) is 0 Å². The first-order valence-corrected chi connectivity index (χ1v) is 13.2. The van der Waals surface area contributed by atoms with Crippen LogP contribution in [0.3, 0.4) is 0 Å². The Kier molecular flexibility index (Phi) is 6.10. The van der Waals surface area contributed by atoms with Crippen molar-refractivity contribution in [1.29, 1.82) is 0 Å². The molecule has 0 unspecified atom stereocenters. The first-order valence-electron chi connectivity index (χ1n) is 13.2. The van der Waals surface area contributed by atoms with Gasteiger partial charge in [-0.05, 0) is 75.4 Å². The van der Waals surface area contributed by atoms with Crippen molar-refractivity contribution in [2.24, 2.45) is 13.0 Å². The predicted octanol–water partition coefficient (Wildman–Crippen LogP) is 5.74. The molecule has 0 aliphatic heterocycles. The SMILES string of the molecule is Cc1cc(Nc2cncc3cnc(N(C)[C@H]4C[C@@H](C(C)(C)O)C4)nc23)ccc1Oc1ccc2c(c1)ncn2C. The molecule has 0 saturated heterocycles. The van der Waals surface area contributed by atoms with Gasteiger partial charge in [0.05, 0.1) is 34.8 Å². The second-order valence-electron chi connectivity index (χ2n) is 11.1. The largest absolute Gasteiger partial charge is 0.457 e. The van der Waals surface area contributed by atoms with Gasteiger partial charge in [-0.3, -0.25) is 4.98 Å². The molecule has 1 aliphatic carbocycles. The Morgan fingerprint density at radius 2 is 1.90 bits per heavy atom. The summed E-state index contributed by atoms with van der Waals surface area (Å²) in [5, 5.41) is 14.6. The van der Waals surface area contributed by atoms with Crippen molar-refractivity contribution < 1.29 is 9.84 Å². The molecule has 9 heteroatoms. The monoisotopic (exact) mass is 523 g/mol. The van der Waals surface area contributed by atoms with Crippen LogP contribution in [0.1, 0.15) is 32.3 Å². The fourth-order valence-electron chi connectivity index (χ4n) is 5.15. The Balaban J connectivity index is 1.20. The number of aromatic nitrogens is 5. The van der Waals surface area contributed by atoms with Crippen molar-refractivity contribution >= 4 is 39.3 Å². The number of ether oxygens (including phenoxy) is 1. The standard InChI is InChI=1S/C30H33N7O2/c1-18-10-21(6-9-27(18)39-23-7-8-26-24(13-23)33-17-36(26)4)34-25-16-31-14-19-15-32-29(35-28(19)25)37(5)22-11-20(12-22)30(2,3)38/h6-10,13-17,20,22,34,38H,11-12H2,1-5H3/t20-,22+. The molecule has 1 aliphatic rings. The molecule has 1 saturated carbocycles. The zero-order chi connectivity index (χ0) is 27.3. The van der Waals surface area contributed by atoms with Gasteiger partial charge < -0.3 is 24.6 Å². The summed E-state index contributed by atoms with van der Waals surface area (Å²) in [4.78, 5) is 20.4. The zero-order valence-corrected chi connectivity index (χ0v) is 22.9. The second-order valence-corrected chi connectivity index (χ2v) is 11.1. The summed E-state index contributed by atoms with van der Waals surface area (Å²) in [5.41, 5.74) is 4.83. The lowest BCUT2D eigenvalue weighted by molar-refractivity contribution is -0.0267. The quantitative estimate of drug-likeness (QED) is 0.278. The first kappa shape index (κ1) is 25.1. The highest BCUT2D eigenvalue weighted by Gasteiger charge is 2.41. The number of aryl methyl sites for hydroxylation is 2. The molecule has 200 valence electrons. The minimum absolute atomic E-state index is 0.292. The van der Waals surface area contributed by atoms with Crippen LogP contribution in [-0.4, -0.2) is 48.3 Å². The smallest absolute Gasteiger partial charge is 0.225 e. The average molecular weight is 524 g/mol. The third-order valence-electron chi connectivity index (χ3n) is 7.83. The van der Waals surface area contributed by atoms with Gasteiger partial charge in [-0.25, -0.2) is 15.0 Å². The van der Waals surface area contributed by atoms with Crippen LogP contribution in [0.5, 0.6) is 11.5 Å². The van der Waals surface area contributed by atoms with E-state index in [9.17, 15) is 5.11 Å². The van der Waals surface area contributed by atoms with E-state index >= 15 is 0 Å². The number of hydrogen-bond acceptors (Lipinski definition) is 8. The van der Waals surface area contributed by atoms with Crippen LogP contribution in [0, 0.1) is 12.8 Å². The van der Waals surface area contributed by atoms with Gasteiger partial charge in [0.1, 0.15) is 17.0 Å². The first-order chi connectivity index (χ1) is 18.7. The summed E-state index contributed by atoms with van der Waals surface area (Å²) in [6, 6.07) is 12.2. The summed E-state index contributed by atoms with van der Waals surface area (Å²) in [5.74, 6) is 2.49. The summed E-state index contributed by atoms with van der Waals surface area (Å²) in [6.45, 7) is 5.79. The summed E-state index contributed by atoms with van der Waals surface area (Å²) in [6.07, 6.45) is 9.03. The maximum absolute atomic E-state index is 10.3. The molecule has 0 spiro atoms. The maximum Gasteiger partial charge on any atom is 0.225 e. The van der Waals surface area contributed by atoms with Crippen LogP contribution in [0.25, 0.3) is 21.9 Å². The molecule has 9 nitrogen and oxygen atoms in total. The van der Waals surface area contributed by atoms with E-state index in [0.717, 1.165) is 63.2 Å². The normalized spacial score (nSPS) is 17.3. The van der Waals surface area contributed by atoms with E-state index in [1.807, 2.05) is 82.0 Å². The van der Waals surface area contributed by atoms with Crippen molar-refractivity contribution in [3.63, 3.8) is 0 Å². The average Bonchev–Trinajstić information content (AvgIpc) is 3.23. The zero-order valence-electron chi connectivity index (χ0n) is 22.9. The summed E-state index contributed by atoms with van der Waals surface area (Å²) >= 11 is 0. The topological polar surface area (TPSA) is 101 Å². The lowest BCUT2D eigenvalue weighted by Crippen LogP contribution is -2.50. The molecule has 39 heavy (non-hydrogen) atoms. The number of nitrogens with one attached hydrogen (secondary N) is 1. The second kappa shape index (κ2) is 9.50. The maximum atomic E-state index is 10.3. The number of rotatable bonds is 7. The predicted molar refractivity (Wildman–Crippen MR) is 154 cm³/mol. The molecule has 2 N–H and O–H groups in total. The van der Waals surface area contributed by atoms with Crippen LogP contribution in [0.15, 0.2) is 61.3 Å². The molecule has 0 amide bonds. The Morgan fingerprint density at radius 1 is 1.08 bits per heavy atom. The number of aliphatic hydroxyl groups is 1. The number of hydrogen-bond donors (Lipinski definition) is 2. The molecule has 3 aromatic heterocycles. The number of imidazole rings is 1. The molecule has 0 bridgehead atoms. The number of anilines is 3. The minimum atomic E-state index is -0.657. The van der Waals surface area contributed by atoms with Gasteiger partial charge >= 0.3 is 0 Å². The van der Waals surface area contributed by atoms with Crippen molar-refractivity contribution in [3.05, 3.63) is 66.9 Å². The minimum Gasteiger partial charge on any atom is -0.457 e. The highest BCUT2D eigenvalue weighted by Crippen LogP contribution is 2.40. The molecule has 3 heterocycles. The van der Waals surface area contributed by atoms with Crippen molar-refractivity contribution in [2.45, 2.75) is 45.3 Å². The van der Waals surface area contributed by atoms with Gasteiger partial charge in [-0.15, -0.1) is 0 Å². The highest BCUT2D eigenvalue weighted by molar-refractivity contribution is 5.91. The summed E-state index contributed by atoms with van der Waals surface area (Å²) < 4.78 is 8.17. The van der Waals surface area contributed by atoms with Crippen molar-refractivity contribution in [1.82, 2.24) is 24.5 Å². The lowest BCUT2D eigenvalue weighted by atomic mass is 9.71. The fourth-order valence-corrected chi connectivity index (χ4v) is 5.15. The molecule has 5 aromatic rings. The van der Waals surface area contributed by atoms with Crippen LogP contribution in [-0.2, 0) is 7.05 Å². The van der Waals surface area contributed by atoms with Gasteiger partial charge in [0, 0.05) is 49.7 Å². The van der Waals surface area contributed by atoms with E-state index in [1.54, 1.807) is 18.7 Å². The van der Waals surface area contributed by atoms with Gasteiger partial charge in [0.15, 0.2) is 0 Å². The number of benzene rings is 2. The third kappa shape index (κ3) is 4.85. The Hall–Kier alpha value is -4.24. The van der Waals surface area contributed by atoms with Crippen LogP contribution >= 0.6 is 0 Å². The molecule has 0 radical (unpaired) electrons. The Morgan fingerprint density at radius 3 is 2.67 bits per heavy atom. The molecule has 2 aromatic carbocycles. The van der Waals surface area contributed by atoms with Crippen molar-refractivity contribution in [3.8, 4) is 11.5 Å². The van der Waals surface area contributed by atoms with Gasteiger partial charge in [-0.2, -0.15) is 0 Å². The molecular formula is C30H33N7O2. The molecule has 6 rings (SSSR count). The number of nitrogens with zero attached hydrogens (tertiary/aromatic N) is 6. The van der Waals surface area contributed by atoms with Crippen LogP contribution in [0.2, 0.25) is 0 Å². The molecular weight excluding hydrogens is 490 g/mol. The number of fused-ring (bicyclic) bond motifs is 2. The lowest BCUT2D eigenvalue weighted by Gasteiger charge is -2.46. The van der Waals surface area contributed by atoms with Gasteiger partial charge in [0.25, 0.3) is 0 Å². The third-order valence-corrected chi connectivity index (χ3v) is 7.83. The molecule has 0 atom stereocenters. The van der Waals surface area contributed by atoms with Crippen LogP contribution in [0.4, 0.5) is 17.3 Å². The highest BCUT2D eigenvalue weighted by atomic mass is 16.5. The molecule has 1 fully saturated rings. The van der Waals surface area contributed by atoms with Crippen molar-refractivity contribution in [2.75, 3.05) is 17.3 Å². The van der Waals surface area contributed by atoms with E-state index in [0.29, 0.717) is 17.9 Å². The van der Waals surface area contributed by atoms with E-state index in [-0.39, 0.29) is 0 Å². The summed E-state index contributed by atoms with van der Waals surface area (Å²) in [7, 11) is 4.00. The van der Waals surface area contributed by atoms with E-state index in [4.69, 9.17) is 9.72 Å². The fraction of sp³-hybridized carbons (Fsp3) is 0.333. The Bertz CT molecular complexity index is 1670.